The van der Waals surface area contributed by atoms with E-state index in [2.05, 4.69) is 25.4 Å². The van der Waals surface area contributed by atoms with Crippen molar-refractivity contribution in [2.45, 2.75) is 13.0 Å². The number of benzene rings is 1. The van der Waals surface area contributed by atoms with Crippen LogP contribution in [0.2, 0.25) is 0 Å². The van der Waals surface area contributed by atoms with Gasteiger partial charge >= 0.3 is 11.9 Å². The van der Waals surface area contributed by atoms with E-state index in [-0.39, 0.29) is 17.3 Å². The summed E-state index contributed by atoms with van der Waals surface area (Å²) in [6.07, 6.45) is 1.49. The maximum absolute atomic E-state index is 12.6. The highest BCUT2D eigenvalue weighted by Crippen LogP contribution is 2.39. The highest BCUT2D eigenvalue weighted by Gasteiger charge is 2.41. The Balaban J connectivity index is 2.31. The van der Waals surface area contributed by atoms with E-state index in [1.807, 2.05) is 0 Å². The number of rotatable bonds is 7. The van der Waals surface area contributed by atoms with Crippen LogP contribution in [0.3, 0.4) is 0 Å². The first-order chi connectivity index (χ1) is 13.7. The topological polar surface area (TPSA) is 108 Å². The molecule has 0 radical (unpaired) electrons. The zero-order chi connectivity index (χ0) is 21.7. The van der Waals surface area contributed by atoms with Gasteiger partial charge in [-0.3, -0.25) is 14.5 Å². The number of carbonyl (C=O) groups is 4. The lowest BCUT2D eigenvalue weighted by molar-refractivity contribution is -0.148. The second-order valence-corrected chi connectivity index (χ2v) is 7.50. The molecule has 1 aromatic carbocycles. The van der Waals surface area contributed by atoms with Crippen LogP contribution < -0.4 is 9.47 Å². The second-order valence-electron chi connectivity index (χ2n) is 5.65. The number of nitrogens with zero attached hydrogens (tertiary/aromatic N) is 1. The van der Waals surface area contributed by atoms with Gasteiger partial charge in [-0.2, -0.15) is 0 Å². The molecule has 0 spiro atoms. The van der Waals surface area contributed by atoms with Gasteiger partial charge < -0.3 is 18.9 Å². The minimum absolute atomic E-state index is 0.142. The Bertz CT molecular complexity index is 885. The number of thioether (sulfide) groups is 1. The molecule has 1 aromatic rings. The van der Waals surface area contributed by atoms with Gasteiger partial charge in [0, 0.05) is 0 Å². The van der Waals surface area contributed by atoms with Crippen molar-refractivity contribution in [1.29, 1.82) is 0 Å². The van der Waals surface area contributed by atoms with E-state index in [0.717, 1.165) is 4.90 Å². The molecule has 0 unspecified atom stereocenters. The van der Waals surface area contributed by atoms with Crippen molar-refractivity contribution in [1.82, 2.24) is 4.90 Å². The van der Waals surface area contributed by atoms with Crippen LogP contribution in [0.1, 0.15) is 12.5 Å². The van der Waals surface area contributed by atoms with Crippen molar-refractivity contribution in [3.05, 3.63) is 27.1 Å². The van der Waals surface area contributed by atoms with E-state index < -0.39 is 29.1 Å². The number of imide groups is 1. The van der Waals surface area contributed by atoms with Crippen LogP contribution in [-0.4, -0.2) is 62.0 Å². The highest BCUT2D eigenvalue weighted by atomic mass is 79.9. The average Bonchev–Trinajstić information content (AvgIpc) is 2.98. The van der Waals surface area contributed by atoms with E-state index >= 15 is 0 Å². The Morgan fingerprint density at radius 3 is 2.48 bits per heavy atom. The number of halogens is 1. The minimum atomic E-state index is -1.03. The van der Waals surface area contributed by atoms with Gasteiger partial charge in [0.2, 0.25) is 0 Å². The molecule has 1 fully saturated rings. The Morgan fingerprint density at radius 2 is 1.90 bits per heavy atom. The first-order valence-corrected chi connectivity index (χ1v) is 9.76. The zero-order valence-corrected chi connectivity index (χ0v) is 18.4. The highest BCUT2D eigenvalue weighted by molar-refractivity contribution is 9.10. The molecule has 1 atom stereocenters. The van der Waals surface area contributed by atoms with Crippen LogP contribution in [0.4, 0.5) is 4.79 Å². The van der Waals surface area contributed by atoms with E-state index in [9.17, 15) is 19.2 Å². The summed E-state index contributed by atoms with van der Waals surface area (Å²) in [6.45, 7) is 1.10. The van der Waals surface area contributed by atoms with Crippen LogP contribution >= 0.6 is 27.7 Å². The van der Waals surface area contributed by atoms with E-state index in [0.29, 0.717) is 27.5 Å². The Hall–Kier alpha value is -2.53. The molecule has 0 bridgehead atoms. The first-order valence-electron chi connectivity index (χ1n) is 8.15. The van der Waals surface area contributed by atoms with Gasteiger partial charge in [0.1, 0.15) is 6.04 Å². The maximum Gasteiger partial charge on any atom is 0.343 e. The summed E-state index contributed by atoms with van der Waals surface area (Å²) in [7, 11) is 3.85. The normalized spacial score (nSPS) is 16.0. The number of hydrogen-bond donors (Lipinski definition) is 0. The third kappa shape index (κ3) is 5.10. The van der Waals surface area contributed by atoms with Gasteiger partial charge in [-0.1, -0.05) is 0 Å². The molecule has 2 rings (SSSR count). The summed E-state index contributed by atoms with van der Waals surface area (Å²) < 4.78 is 20.3. The molecular weight excluding hydrogens is 470 g/mol. The number of methoxy groups -OCH3 is 3. The van der Waals surface area contributed by atoms with Crippen molar-refractivity contribution < 1.29 is 38.1 Å². The van der Waals surface area contributed by atoms with Crippen LogP contribution in [0.5, 0.6) is 11.5 Å². The van der Waals surface area contributed by atoms with Gasteiger partial charge in [0.15, 0.2) is 18.1 Å². The van der Waals surface area contributed by atoms with Crippen LogP contribution in [0.15, 0.2) is 21.5 Å². The first kappa shape index (κ1) is 22.8. The molecule has 0 saturated carbocycles. The molecule has 11 heteroatoms. The number of ether oxygens (including phenoxy) is 4. The number of carbonyl (C=O) groups excluding carboxylic acids is 4. The summed E-state index contributed by atoms with van der Waals surface area (Å²) in [5.74, 6) is -1.26. The van der Waals surface area contributed by atoms with Crippen molar-refractivity contribution >= 4 is 56.9 Å². The van der Waals surface area contributed by atoms with Gasteiger partial charge in [-0.15, -0.1) is 0 Å². The summed E-state index contributed by atoms with van der Waals surface area (Å²) in [6, 6.07) is 2.18. The fraction of sp³-hybridized carbons (Fsp3) is 0.333. The predicted octanol–water partition coefficient (Wildman–Crippen LogP) is 2.61. The quantitative estimate of drug-likeness (QED) is 0.423. The van der Waals surface area contributed by atoms with Gasteiger partial charge in [0.25, 0.3) is 11.1 Å². The van der Waals surface area contributed by atoms with Gasteiger partial charge in [-0.05, 0) is 58.4 Å². The number of hydrogen-bond acceptors (Lipinski definition) is 9. The van der Waals surface area contributed by atoms with Crippen LogP contribution in [0, 0.1) is 0 Å². The number of esters is 2. The standard InChI is InChI=1S/C18H18BrNO8S/c1-9(17(23)27-4)20-16(22)13(29-18(20)24)7-10-5-11(19)15(12(6-10)25-2)28-8-14(21)26-3/h5-7,9H,8H2,1-4H3/b13-7+/t9-/m0/s1. The number of amides is 2. The molecule has 9 nitrogen and oxygen atoms in total. The van der Waals surface area contributed by atoms with Crippen LogP contribution in [0.25, 0.3) is 6.08 Å². The zero-order valence-electron chi connectivity index (χ0n) is 16.0. The average molecular weight is 488 g/mol. The molecule has 0 aromatic heterocycles. The molecular formula is C18H18BrNO8S. The lowest BCUT2D eigenvalue weighted by Crippen LogP contribution is -2.42. The van der Waals surface area contributed by atoms with Gasteiger partial charge in [0.05, 0.1) is 30.7 Å². The minimum Gasteiger partial charge on any atom is -0.493 e. The third-order valence-electron chi connectivity index (χ3n) is 3.86. The molecule has 1 aliphatic heterocycles. The van der Waals surface area contributed by atoms with E-state index in [1.54, 1.807) is 12.1 Å². The summed E-state index contributed by atoms with van der Waals surface area (Å²) >= 11 is 4.05. The van der Waals surface area contributed by atoms with Crippen molar-refractivity contribution in [2.75, 3.05) is 27.9 Å². The fourth-order valence-corrected chi connectivity index (χ4v) is 3.88. The Kier molecular flexibility index (Phi) is 7.68. The Morgan fingerprint density at radius 1 is 1.21 bits per heavy atom. The summed E-state index contributed by atoms with van der Waals surface area (Å²) in [5.41, 5.74) is 0.537. The smallest absolute Gasteiger partial charge is 0.343 e. The lowest BCUT2D eigenvalue weighted by Gasteiger charge is -2.18. The van der Waals surface area contributed by atoms with Crippen LogP contribution in [-0.2, 0) is 23.9 Å². The van der Waals surface area contributed by atoms with Gasteiger partial charge in [-0.25, -0.2) is 9.59 Å². The molecule has 1 saturated heterocycles. The maximum atomic E-state index is 12.6. The SMILES string of the molecule is COC(=O)COc1c(Br)cc(/C=C2/SC(=O)N([C@@H](C)C(=O)OC)C2=O)cc1OC. The van der Waals surface area contributed by atoms with Crippen molar-refractivity contribution in [3.8, 4) is 11.5 Å². The molecule has 0 aliphatic carbocycles. The molecule has 156 valence electrons. The lowest BCUT2D eigenvalue weighted by atomic mass is 10.1. The predicted molar refractivity (Wildman–Crippen MR) is 107 cm³/mol. The van der Waals surface area contributed by atoms with Crippen molar-refractivity contribution in [2.24, 2.45) is 0 Å². The Labute approximate surface area is 179 Å². The summed E-state index contributed by atoms with van der Waals surface area (Å²) in [4.78, 5) is 48.7. The largest absolute Gasteiger partial charge is 0.493 e. The second kappa shape index (κ2) is 9.79. The van der Waals surface area contributed by atoms with E-state index in [4.69, 9.17) is 9.47 Å². The van der Waals surface area contributed by atoms with Crippen molar-refractivity contribution in [3.63, 3.8) is 0 Å². The molecule has 0 N–H and O–H groups in total. The third-order valence-corrected chi connectivity index (χ3v) is 5.34. The van der Waals surface area contributed by atoms with E-state index in [1.165, 1.54) is 34.3 Å². The molecule has 29 heavy (non-hydrogen) atoms. The monoisotopic (exact) mass is 487 g/mol. The summed E-state index contributed by atoms with van der Waals surface area (Å²) in [5, 5.41) is -0.566. The molecule has 2 amide bonds. The molecule has 1 heterocycles. The molecule has 1 aliphatic rings. The fourth-order valence-electron chi connectivity index (χ4n) is 2.39.